The maximum Gasteiger partial charge on any atom is 0.191 e. The molecule has 5 heteroatoms. The first-order chi connectivity index (χ1) is 10.3. The molecule has 0 spiro atoms. The molecule has 21 heavy (non-hydrogen) atoms. The second-order valence-corrected chi connectivity index (χ2v) is 5.43. The van der Waals surface area contributed by atoms with E-state index in [1.165, 1.54) is 11.1 Å². The smallest absolute Gasteiger partial charge is 0.191 e. The lowest BCUT2D eigenvalue weighted by Crippen LogP contribution is -2.38. The Hall–Kier alpha value is -2.01. The van der Waals surface area contributed by atoms with Crippen LogP contribution in [0.4, 0.5) is 0 Å². The molecule has 1 aromatic carbocycles. The molecule has 0 unspecified atom stereocenters. The maximum absolute atomic E-state index is 5.66. The highest BCUT2D eigenvalue weighted by Crippen LogP contribution is 2.10. The van der Waals surface area contributed by atoms with Crippen LogP contribution in [-0.4, -0.2) is 26.2 Å². The second kappa shape index (κ2) is 8.32. The Bertz CT molecular complexity index is 549. The van der Waals surface area contributed by atoms with E-state index < -0.39 is 0 Å². The first kappa shape index (κ1) is 15.4. The van der Waals surface area contributed by atoms with Gasteiger partial charge in [0.1, 0.15) is 12.4 Å². The number of guanidine groups is 1. The van der Waals surface area contributed by atoms with Crippen molar-refractivity contribution in [2.45, 2.75) is 13.5 Å². The lowest BCUT2D eigenvalue weighted by Gasteiger charge is -2.12. The van der Waals surface area contributed by atoms with Gasteiger partial charge in [-0.1, -0.05) is 17.7 Å². The molecule has 1 heterocycles. The van der Waals surface area contributed by atoms with Crippen molar-refractivity contribution in [3.63, 3.8) is 0 Å². The predicted molar refractivity (Wildman–Crippen MR) is 89.2 cm³/mol. The number of hydrogen-bond acceptors (Lipinski definition) is 3. The molecular weight excluding hydrogens is 282 g/mol. The molecule has 0 fully saturated rings. The van der Waals surface area contributed by atoms with Gasteiger partial charge < -0.3 is 15.4 Å². The standard InChI is InChI=1S/C16H21N3OS/c1-13-3-5-15(6-4-13)20-9-8-18-16(17-2)19-11-14-7-10-21-12-14/h3-7,10,12H,8-9,11H2,1-2H3,(H2,17,18,19). The van der Waals surface area contributed by atoms with Gasteiger partial charge in [0.05, 0.1) is 6.54 Å². The van der Waals surface area contributed by atoms with Crippen LogP contribution in [0.2, 0.25) is 0 Å². The van der Waals surface area contributed by atoms with Crippen LogP contribution < -0.4 is 15.4 Å². The van der Waals surface area contributed by atoms with E-state index in [2.05, 4.69) is 39.4 Å². The van der Waals surface area contributed by atoms with Crippen LogP contribution in [0, 0.1) is 6.92 Å². The molecular formula is C16H21N3OS. The van der Waals surface area contributed by atoms with E-state index in [0.29, 0.717) is 13.2 Å². The maximum atomic E-state index is 5.66. The third-order valence-electron chi connectivity index (χ3n) is 2.95. The van der Waals surface area contributed by atoms with Gasteiger partial charge >= 0.3 is 0 Å². The summed E-state index contributed by atoms with van der Waals surface area (Å²) in [5.41, 5.74) is 2.50. The Labute approximate surface area is 129 Å². The number of rotatable bonds is 6. The van der Waals surface area contributed by atoms with Crippen molar-refractivity contribution in [3.8, 4) is 5.75 Å². The number of aryl methyl sites for hydroxylation is 1. The topological polar surface area (TPSA) is 45.7 Å². The Morgan fingerprint density at radius 2 is 2.00 bits per heavy atom. The Morgan fingerprint density at radius 3 is 2.67 bits per heavy atom. The van der Waals surface area contributed by atoms with E-state index >= 15 is 0 Å². The summed E-state index contributed by atoms with van der Waals surface area (Å²) in [6, 6.07) is 10.2. The van der Waals surface area contributed by atoms with E-state index in [0.717, 1.165) is 18.3 Å². The highest BCUT2D eigenvalue weighted by molar-refractivity contribution is 7.07. The van der Waals surface area contributed by atoms with Gasteiger partial charge in [-0.2, -0.15) is 11.3 Å². The second-order valence-electron chi connectivity index (χ2n) is 4.65. The quantitative estimate of drug-likeness (QED) is 0.490. The Morgan fingerprint density at radius 1 is 1.19 bits per heavy atom. The van der Waals surface area contributed by atoms with Crippen molar-refractivity contribution in [1.29, 1.82) is 0 Å². The number of ether oxygens (including phenoxy) is 1. The third-order valence-corrected chi connectivity index (χ3v) is 3.68. The fourth-order valence-corrected chi connectivity index (χ4v) is 2.44. The van der Waals surface area contributed by atoms with E-state index in [-0.39, 0.29) is 0 Å². The molecule has 0 aliphatic carbocycles. The summed E-state index contributed by atoms with van der Waals surface area (Å²) >= 11 is 1.70. The summed E-state index contributed by atoms with van der Waals surface area (Å²) in [6.07, 6.45) is 0. The normalized spacial score (nSPS) is 11.2. The molecule has 0 bridgehead atoms. The first-order valence-corrected chi connectivity index (χ1v) is 7.87. The molecule has 0 aliphatic rings. The summed E-state index contributed by atoms with van der Waals surface area (Å²) in [4.78, 5) is 4.19. The molecule has 0 atom stereocenters. The predicted octanol–water partition coefficient (Wildman–Crippen LogP) is 2.80. The average Bonchev–Trinajstić information content (AvgIpc) is 3.02. The molecule has 112 valence electrons. The lowest BCUT2D eigenvalue weighted by atomic mass is 10.2. The summed E-state index contributed by atoms with van der Waals surface area (Å²) < 4.78 is 5.66. The van der Waals surface area contributed by atoms with Gasteiger partial charge in [-0.3, -0.25) is 4.99 Å². The number of hydrogen-bond donors (Lipinski definition) is 2. The zero-order valence-corrected chi connectivity index (χ0v) is 13.2. The number of nitrogens with zero attached hydrogens (tertiary/aromatic N) is 1. The summed E-state index contributed by atoms with van der Waals surface area (Å²) in [7, 11) is 1.77. The monoisotopic (exact) mass is 303 g/mol. The third kappa shape index (κ3) is 5.47. The SMILES string of the molecule is CN=C(NCCOc1ccc(C)cc1)NCc1ccsc1. The van der Waals surface area contributed by atoms with E-state index in [1.54, 1.807) is 18.4 Å². The number of thiophene rings is 1. The molecule has 0 radical (unpaired) electrons. The van der Waals surface area contributed by atoms with Crippen molar-refractivity contribution < 1.29 is 4.74 Å². The Kier molecular flexibility index (Phi) is 6.09. The molecule has 4 nitrogen and oxygen atoms in total. The van der Waals surface area contributed by atoms with Gasteiger partial charge in [0.25, 0.3) is 0 Å². The Balaban J connectivity index is 1.65. The van der Waals surface area contributed by atoms with E-state index in [4.69, 9.17) is 4.74 Å². The zero-order valence-electron chi connectivity index (χ0n) is 12.4. The number of benzene rings is 1. The van der Waals surface area contributed by atoms with Gasteiger partial charge in [-0.05, 0) is 41.4 Å². The van der Waals surface area contributed by atoms with Crippen molar-refractivity contribution in [2.24, 2.45) is 4.99 Å². The van der Waals surface area contributed by atoms with Crippen LogP contribution in [-0.2, 0) is 6.54 Å². The molecule has 2 N–H and O–H groups in total. The largest absolute Gasteiger partial charge is 0.492 e. The van der Waals surface area contributed by atoms with Gasteiger partial charge in [-0.15, -0.1) is 0 Å². The fourth-order valence-electron chi connectivity index (χ4n) is 1.77. The van der Waals surface area contributed by atoms with Crippen LogP contribution in [0.5, 0.6) is 5.75 Å². The minimum atomic E-state index is 0.599. The molecule has 0 aliphatic heterocycles. The van der Waals surface area contributed by atoms with Crippen molar-refractivity contribution >= 4 is 17.3 Å². The number of aliphatic imine (C=N–C) groups is 1. The van der Waals surface area contributed by atoms with Crippen molar-refractivity contribution in [3.05, 3.63) is 52.2 Å². The molecule has 2 aromatic rings. The van der Waals surface area contributed by atoms with Crippen LogP contribution >= 0.6 is 11.3 Å². The first-order valence-electron chi connectivity index (χ1n) is 6.93. The minimum absolute atomic E-state index is 0.599. The number of nitrogens with one attached hydrogen (secondary N) is 2. The zero-order chi connectivity index (χ0) is 14.9. The van der Waals surface area contributed by atoms with Gasteiger partial charge in [0.15, 0.2) is 5.96 Å². The summed E-state index contributed by atoms with van der Waals surface area (Å²) in [5.74, 6) is 1.68. The van der Waals surface area contributed by atoms with Gasteiger partial charge in [0, 0.05) is 13.6 Å². The molecule has 1 aromatic heterocycles. The highest BCUT2D eigenvalue weighted by atomic mass is 32.1. The van der Waals surface area contributed by atoms with Crippen LogP contribution in [0.25, 0.3) is 0 Å². The van der Waals surface area contributed by atoms with Crippen LogP contribution in [0.1, 0.15) is 11.1 Å². The van der Waals surface area contributed by atoms with Crippen molar-refractivity contribution in [2.75, 3.05) is 20.2 Å². The van der Waals surface area contributed by atoms with Gasteiger partial charge in [-0.25, -0.2) is 0 Å². The van der Waals surface area contributed by atoms with Crippen molar-refractivity contribution in [1.82, 2.24) is 10.6 Å². The van der Waals surface area contributed by atoms with Crippen LogP contribution in [0.3, 0.4) is 0 Å². The summed E-state index contributed by atoms with van der Waals surface area (Å²) in [6.45, 7) is 4.15. The van der Waals surface area contributed by atoms with E-state index in [9.17, 15) is 0 Å². The fraction of sp³-hybridized carbons (Fsp3) is 0.312. The lowest BCUT2D eigenvalue weighted by molar-refractivity contribution is 0.322. The van der Waals surface area contributed by atoms with Gasteiger partial charge in [0.2, 0.25) is 0 Å². The minimum Gasteiger partial charge on any atom is -0.492 e. The molecule has 0 saturated carbocycles. The van der Waals surface area contributed by atoms with Crippen LogP contribution in [0.15, 0.2) is 46.1 Å². The molecule has 2 rings (SSSR count). The molecule has 0 saturated heterocycles. The highest BCUT2D eigenvalue weighted by Gasteiger charge is 1.99. The van der Waals surface area contributed by atoms with E-state index in [1.807, 2.05) is 24.3 Å². The molecule has 0 amide bonds. The summed E-state index contributed by atoms with van der Waals surface area (Å²) in [5, 5.41) is 10.7. The average molecular weight is 303 g/mol.